The number of rotatable bonds is 4. The topological polar surface area (TPSA) is 38.7 Å². The minimum Gasteiger partial charge on any atom is -0.208 e. The lowest BCUT2D eigenvalue weighted by atomic mass is 9.98. The van der Waals surface area contributed by atoms with Crippen LogP contribution in [0.5, 0.6) is 0 Å². The number of hydrogen-bond donors (Lipinski definition) is 0. The smallest absolute Gasteiger partial charge is 0.166 e. The summed E-state index contributed by atoms with van der Waals surface area (Å²) in [5, 5.41) is 9.74. The van der Waals surface area contributed by atoms with E-state index in [2.05, 4.69) is 146 Å². The molecule has 0 bridgehead atoms. The van der Waals surface area contributed by atoms with Gasteiger partial charge >= 0.3 is 0 Å². The number of aromatic nitrogens is 3. The van der Waals surface area contributed by atoms with Gasteiger partial charge < -0.3 is 0 Å². The van der Waals surface area contributed by atoms with Crippen molar-refractivity contribution in [3.63, 3.8) is 0 Å². The van der Waals surface area contributed by atoms with Gasteiger partial charge in [-0.15, -0.1) is 11.3 Å². The van der Waals surface area contributed by atoms with E-state index in [4.69, 9.17) is 15.0 Å². The van der Waals surface area contributed by atoms with E-state index in [1.807, 2.05) is 29.5 Å². The largest absolute Gasteiger partial charge is 0.208 e. The molecule has 10 rings (SSSR count). The summed E-state index contributed by atoms with van der Waals surface area (Å²) in [6, 6.07) is 58.0. The Hall–Kier alpha value is -6.23. The number of fused-ring (bicyclic) bond motifs is 6. The highest BCUT2D eigenvalue weighted by Gasteiger charge is 2.20. The van der Waals surface area contributed by atoms with Crippen molar-refractivity contribution >= 4 is 63.8 Å². The first-order chi connectivity index (χ1) is 24.2. The van der Waals surface area contributed by atoms with Crippen LogP contribution in [0.4, 0.5) is 0 Å². The van der Waals surface area contributed by atoms with Crippen LogP contribution >= 0.6 is 11.3 Å². The molecule has 0 saturated carbocycles. The second-order valence-corrected chi connectivity index (χ2v) is 13.5. The fraction of sp³-hybridized carbons (Fsp3) is 0. The lowest BCUT2D eigenvalue weighted by Crippen LogP contribution is -2.00. The van der Waals surface area contributed by atoms with Crippen molar-refractivity contribution < 1.29 is 0 Å². The summed E-state index contributed by atoms with van der Waals surface area (Å²) < 4.78 is 2.44. The molecule has 4 heteroatoms. The molecule has 0 amide bonds. The van der Waals surface area contributed by atoms with Gasteiger partial charge in [-0.25, -0.2) is 15.0 Å². The van der Waals surface area contributed by atoms with Crippen LogP contribution in [-0.4, -0.2) is 15.0 Å². The van der Waals surface area contributed by atoms with E-state index < -0.39 is 0 Å². The van der Waals surface area contributed by atoms with Gasteiger partial charge in [-0.2, -0.15) is 0 Å². The van der Waals surface area contributed by atoms with E-state index >= 15 is 0 Å². The van der Waals surface area contributed by atoms with Crippen molar-refractivity contribution in [1.29, 1.82) is 0 Å². The zero-order chi connectivity index (χ0) is 32.3. The van der Waals surface area contributed by atoms with Crippen LogP contribution in [0.1, 0.15) is 0 Å². The molecule has 0 unspecified atom stereocenters. The fourth-order valence-electron chi connectivity index (χ4n) is 6.99. The van der Waals surface area contributed by atoms with E-state index in [1.54, 1.807) is 0 Å². The first-order valence-electron chi connectivity index (χ1n) is 16.4. The lowest BCUT2D eigenvalue weighted by molar-refractivity contribution is 1.08. The van der Waals surface area contributed by atoms with E-state index in [-0.39, 0.29) is 0 Å². The van der Waals surface area contributed by atoms with Gasteiger partial charge in [0.1, 0.15) is 0 Å². The molecule has 0 aliphatic carbocycles. The first kappa shape index (κ1) is 27.8. The summed E-state index contributed by atoms with van der Waals surface area (Å²) in [5.74, 6) is 1.99. The Morgan fingerprint density at radius 2 is 0.857 bits per heavy atom. The third-order valence-electron chi connectivity index (χ3n) is 9.47. The van der Waals surface area contributed by atoms with Crippen LogP contribution in [-0.2, 0) is 0 Å². The molecule has 0 saturated heterocycles. The Labute approximate surface area is 286 Å². The zero-order valence-corrected chi connectivity index (χ0v) is 27.2. The average Bonchev–Trinajstić information content (AvgIpc) is 3.52. The fourth-order valence-corrected chi connectivity index (χ4v) is 8.26. The van der Waals surface area contributed by atoms with Crippen molar-refractivity contribution in [3.05, 3.63) is 164 Å². The van der Waals surface area contributed by atoms with E-state index in [9.17, 15) is 0 Å². The minimum atomic E-state index is 0.654. The normalized spacial score (nSPS) is 11.7. The molecule has 0 aliphatic heterocycles. The standard InChI is InChI=1S/C45H27N3S/c1-2-11-30(12-3-1)43-46-44(31-21-18-29(19-22-31)35-23-20-28-10-4-5-13-32(28)24-35)48-45(47-43)41-37-17-9-8-16-36(37)26-39-38-25-33-14-6-7-15-34(33)27-40(38)49-42(39)41/h1-27H. The number of thiophene rings is 1. The van der Waals surface area contributed by atoms with Crippen molar-refractivity contribution in [3.8, 4) is 45.3 Å². The van der Waals surface area contributed by atoms with Gasteiger partial charge in [-0.1, -0.05) is 140 Å². The van der Waals surface area contributed by atoms with Crippen LogP contribution in [0.25, 0.3) is 97.8 Å². The van der Waals surface area contributed by atoms with Crippen molar-refractivity contribution in [2.75, 3.05) is 0 Å². The van der Waals surface area contributed by atoms with E-state index in [0.29, 0.717) is 17.5 Å². The van der Waals surface area contributed by atoms with Gasteiger partial charge in [0.25, 0.3) is 0 Å². The van der Waals surface area contributed by atoms with Crippen LogP contribution in [0.2, 0.25) is 0 Å². The van der Waals surface area contributed by atoms with Gasteiger partial charge in [0.2, 0.25) is 0 Å². The quantitative estimate of drug-likeness (QED) is 0.192. The Kier molecular flexibility index (Phi) is 6.36. The second kappa shape index (κ2) is 11.2. The number of benzene rings is 8. The maximum atomic E-state index is 5.25. The average molecular weight is 642 g/mol. The number of nitrogens with zero attached hydrogens (tertiary/aromatic N) is 3. The maximum absolute atomic E-state index is 5.25. The molecule has 10 aromatic rings. The molecular weight excluding hydrogens is 615 g/mol. The predicted octanol–water partition coefficient (Wildman–Crippen LogP) is 12.4. The van der Waals surface area contributed by atoms with Crippen LogP contribution in [0.15, 0.2) is 164 Å². The monoisotopic (exact) mass is 641 g/mol. The predicted molar refractivity (Wildman–Crippen MR) is 207 cm³/mol. The highest BCUT2D eigenvalue weighted by molar-refractivity contribution is 7.26. The SMILES string of the molecule is c1ccc(-c2nc(-c3ccc(-c4ccc5ccccc5c4)cc3)nc(-c3c4ccccc4cc4c3sc3cc5ccccc5cc34)n2)cc1. The van der Waals surface area contributed by atoms with Crippen molar-refractivity contribution in [1.82, 2.24) is 15.0 Å². The number of hydrogen-bond acceptors (Lipinski definition) is 4. The van der Waals surface area contributed by atoms with Crippen molar-refractivity contribution in [2.45, 2.75) is 0 Å². The maximum Gasteiger partial charge on any atom is 0.166 e. The molecule has 2 heterocycles. The van der Waals surface area contributed by atoms with Gasteiger partial charge in [-0.3, -0.25) is 0 Å². The van der Waals surface area contributed by atoms with Crippen LogP contribution in [0.3, 0.4) is 0 Å². The molecule has 0 spiro atoms. The van der Waals surface area contributed by atoms with E-state index in [1.165, 1.54) is 52.7 Å². The molecule has 228 valence electrons. The molecule has 2 aromatic heterocycles. The van der Waals surface area contributed by atoms with Crippen LogP contribution < -0.4 is 0 Å². The Balaban J connectivity index is 1.19. The Morgan fingerprint density at radius 3 is 1.61 bits per heavy atom. The Bertz CT molecular complexity index is 2870. The highest BCUT2D eigenvalue weighted by atomic mass is 32.1. The molecule has 8 aromatic carbocycles. The van der Waals surface area contributed by atoms with Crippen molar-refractivity contribution in [2.24, 2.45) is 0 Å². The molecule has 0 fully saturated rings. The van der Waals surface area contributed by atoms with Gasteiger partial charge in [0, 0.05) is 36.9 Å². The molecule has 0 aliphatic rings. The summed E-state index contributed by atoms with van der Waals surface area (Å²) in [6.07, 6.45) is 0. The van der Waals surface area contributed by atoms with Gasteiger partial charge in [0.05, 0.1) is 0 Å². The first-order valence-corrected chi connectivity index (χ1v) is 17.3. The van der Waals surface area contributed by atoms with Gasteiger partial charge in [-0.05, 0) is 67.7 Å². The lowest BCUT2D eigenvalue weighted by Gasteiger charge is -2.12. The summed E-state index contributed by atoms with van der Waals surface area (Å²) in [6.45, 7) is 0. The minimum absolute atomic E-state index is 0.654. The molecule has 49 heavy (non-hydrogen) atoms. The molecule has 3 nitrogen and oxygen atoms in total. The van der Waals surface area contributed by atoms with Crippen LogP contribution in [0, 0.1) is 0 Å². The van der Waals surface area contributed by atoms with Gasteiger partial charge in [0.15, 0.2) is 17.5 Å². The summed E-state index contributed by atoms with van der Waals surface area (Å²) in [5.41, 5.74) is 5.29. The molecule has 0 atom stereocenters. The summed E-state index contributed by atoms with van der Waals surface area (Å²) in [7, 11) is 0. The Morgan fingerprint density at radius 1 is 0.327 bits per heavy atom. The molecule has 0 N–H and O–H groups in total. The second-order valence-electron chi connectivity index (χ2n) is 12.5. The molecular formula is C45H27N3S. The highest BCUT2D eigenvalue weighted by Crippen LogP contribution is 2.45. The van der Waals surface area contributed by atoms with E-state index in [0.717, 1.165) is 27.6 Å². The summed E-state index contributed by atoms with van der Waals surface area (Å²) >= 11 is 1.82. The molecule has 0 radical (unpaired) electrons. The third-order valence-corrected chi connectivity index (χ3v) is 10.7. The third kappa shape index (κ3) is 4.76. The zero-order valence-electron chi connectivity index (χ0n) is 26.3. The summed E-state index contributed by atoms with van der Waals surface area (Å²) in [4.78, 5) is 15.5.